The summed E-state index contributed by atoms with van der Waals surface area (Å²) in [6.45, 7) is 6.49. The Hall–Kier alpha value is -1.36. The second-order valence-electron chi connectivity index (χ2n) is 3.52. The first-order chi connectivity index (χ1) is 7.72. The molecule has 0 aliphatic heterocycles. The van der Waals surface area contributed by atoms with Crippen molar-refractivity contribution in [3.05, 3.63) is 11.9 Å². The number of hydrogen-bond donors (Lipinski definition) is 2. The van der Waals surface area contributed by atoms with Crippen LogP contribution < -0.4 is 10.1 Å². The van der Waals surface area contributed by atoms with E-state index in [2.05, 4.69) is 15.3 Å². The van der Waals surface area contributed by atoms with E-state index in [1.807, 2.05) is 20.8 Å². The van der Waals surface area contributed by atoms with Gasteiger partial charge in [0.25, 0.3) is 0 Å². The lowest BCUT2D eigenvalue weighted by Gasteiger charge is -2.17. The minimum Gasteiger partial charge on any atom is -0.478 e. The van der Waals surface area contributed by atoms with Crippen LogP contribution in [0, 0.1) is 6.92 Å². The Bertz CT molecular complexity index is 327. The van der Waals surface area contributed by atoms with Gasteiger partial charge in [0.1, 0.15) is 12.1 Å². The summed E-state index contributed by atoms with van der Waals surface area (Å²) in [5.74, 6) is 1.31. The van der Waals surface area contributed by atoms with Gasteiger partial charge in [-0.15, -0.1) is 0 Å². The molecule has 0 aliphatic carbocycles. The summed E-state index contributed by atoms with van der Waals surface area (Å²) >= 11 is 0. The number of aliphatic hydroxyl groups is 1. The molecule has 0 aliphatic rings. The van der Waals surface area contributed by atoms with Gasteiger partial charge in [0.15, 0.2) is 0 Å². The summed E-state index contributed by atoms with van der Waals surface area (Å²) in [4.78, 5) is 8.20. The standard InChI is InChI=1S/C11H19N3O2/c1-4-9(6-15)14-10-8(3)11(16-5-2)13-7-12-10/h7,9,15H,4-6H2,1-3H3,(H,12,13,14). The fourth-order valence-electron chi connectivity index (χ4n) is 1.33. The fourth-order valence-corrected chi connectivity index (χ4v) is 1.33. The van der Waals surface area contributed by atoms with Gasteiger partial charge in [0, 0.05) is 0 Å². The van der Waals surface area contributed by atoms with Gasteiger partial charge in [-0.25, -0.2) is 9.97 Å². The first-order valence-electron chi connectivity index (χ1n) is 5.54. The minimum absolute atomic E-state index is 0.0167. The number of aliphatic hydroxyl groups excluding tert-OH is 1. The van der Waals surface area contributed by atoms with E-state index in [1.165, 1.54) is 6.33 Å². The normalized spacial score (nSPS) is 12.2. The first kappa shape index (κ1) is 12.7. The van der Waals surface area contributed by atoms with Crippen molar-refractivity contribution >= 4 is 5.82 Å². The number of aromatic nitrogens is 2. The molecule has 5 heteroatoms. The molecule has 5 nitrogen and oxygen atoms in total. The minimum atomic E-state index is 0.0167. The van der Waals surface area contributed by atoms with Gasteiger partial charge in [-0.2, -0.15) is 0 Å². The van der Waals surface area contributed by atoms with Crippen molar-refractivity contribution in [2.45, 2.75) is 33.2 Å². The maximum absolute atomic E-state index is 9.11. The molecule has 0 saturated heterocycles. The van der Waals surface area contributed by atoms with Crippen molar-refractivity contribution < 1.29 is 9.84 Å². The third-order valence-corrected chi connectivity index (χ3v) is 2.37. The average Bonchev–Trinajstić information content (AvgIpc) is 2.30. The number of anilines is 1. The molecule has 0 radical (unpaired) electrons. The lowest BCUT2D eigenvalue weighted by Crippen LogP contribution is -2.24. The molecular formula is C11H19N3O2. The molecule has 0 fully saturated rings. The smallest absolute Gasteiger partial charge is 0.221 e. The van der Waals surface area contributed by atoms with Gasteiger partial charge in [0.2, 0.25) is 5.88 Å². The molecule has 1 aromatic rings. The maximum Gasteiger partial charge on any atom is 0.221 e. The van der Waals surface area contributed by atoms with Gasteiger partial charge in [-0.3, -0.25) is 0 Å². The van der Waals surface area contributed by atoms with Crippen LogP contribution in [0.25, 0.3) is 0 Å². The van der Waals surface area contributed by atoms with Crippen LogP contribution in [0.2, 0.25) is 0 Å². The molecule has 0 bridgehead atoms. The molecule has 0 amide bonds. The third kappa shape index (κ3) is 3.06. The largest absolute Gasteiger partial charge is 0.478 e. The first-order valence-corrected chi connectivity index (χ1v) is 5.54. The fraction of sp³-hybridized carbons (Fsp3) is 0.636. The number of nitrogens with one attached hydrogen (secondary N) is 1. The summed E-state index contributed by atoms with van der Waals surface area (Å²) in [7, 11) is 0. The van der Waals surface area contributed by atoms with Crippen LogP contribution in [0.5, 0.6) is 5.88 Å². The zero-order chi connectivity index (χ0) is 12.0. The predicted molar refractivity (Wildman–Crippen MR) is 62.7 cm³/mol. The van der Waals surface area contributed by atoms with Gasteiger partial charge >= 0.3 is 0 Å². The molecule has 0 saturated carbocycles. The van der Waals surface area contributed by atoms with Crippen LogP contribution in [0.4, 0.5) is 5.82 Å². The topological polar surface area (TPSA) is 67.3 Å². The number of hydrogen-bond acceptors (Lipinski definition) is 5. The molecule has 1 aromatic heterocycles. The summed E-state index contributed by atoms with van der Waals surface area (Å²) in [5, 5.41) is 12.3. The van der Waals surface area contributed by atoms with Crippen molar-refractivity contribution in [3.63, 3.8) is 0 Å². The van der Waals surface area contributed by atoms with Gasteiger partial charge < -0.3 is 15.2 Å². The van der Waals surface area contributed by atoms with Crippen molar-refractivity contribution in [3.8, 4) is 5.88 Å². The van der Waals surface area contributed by atoms with E-state index < -0.39 is 0 Å². The monoisotopic (exact) mass is 225 g/mol. The molecule has 0 aromatic carbocycles. The van der Waals surface area contributed by atoms with Gasteiger partial charge in [0.05, 0.1) is 24.8 Å². The molecule has 1 unspecified atom stereocenters. The van der Waals surface area contributed by atoms with E-state index >= 15 is 0 Å². The molecule has 1 atom stereocenters. The van der Waals surface area contributed by atoms with E-state index in [4.69, 9.17) is 9.84 Å². The Morgan fingerprint density at radius 3 is 2.75 bits per heavy atom. The Morgan fingerprint density at radius 2 is 2.19 bits per heavy atom. The maximum atomic E-state index is 9.11. The molecule has 16 heavy (non-hydrogen) atoms. The summed E-state index contributed by atoms with van der Waals surface area (Å²) in [6, 6.07) is 0.0167. The lowest BCUT2D eigenvalue weighted by atomic mass is 10.2. The highest BCUT2D eigenvalue weighted by Gasteiger charge is 2.11. The SMILES string of the molecule is CCOc1ncnc(NC(CC)CO)c1C. The second-order valence-corrected chi connectivity index (χ2v) is 3.52. The highest BCUT2D eigenvalue weighted by Crippen LogP contribution is 2.21. The van der Waals surface area contributed by atoms with Crippen LogP contribution >= 0.6 is 0 Å². The number of nitrogens with zero attached hydrogens (tertiary/aromatic N) is 2. The van der Waals surface area contributed by atoms with Crippen molar-refractivity contribution in [2.75, 3.05) is 18.5 Å². The number of rotatable bonds is 6. The summed E-state index contributed by atoms with van der Waals surface area (Å²) in [6.07, 6.45) is 2.30. The predicted octanol–water partition coefficient (Wildman–Crippen LogP) is 1.37. The Balaban J connectivity index is 2.83. The molecule has 1 rings (SSSR count). The third-order valence-electron chi connectivity index (χ3n) is 2.37. The van der Waals surface area contributed by atoms with Crippen LogP contribution in [0.3, 0.4) is 0 Å². The Morgan fingerprint density at radius 1 is 1.44 bits per heavy atom. The molecule has 1 heterocycles. The highest BCUT2D eigenvalue weighted by atomic mass is 16.5. The van der Waals surface area contributed by atoms with E-state index in [-0.39, 0.29) is 12.6 Å². The quantitative estimate of drug-likeness (QED) is 0.765. The molecule has 0 spiro atoms. The van der Waals surface area contributed by atoms with Crippen LogP contribution in [-0.4, -0.2) is 34.3 Å². The zero-order valence-corrected chi connectivity index (χ0v) is 10.0. The summed E-state index contributed by atoms with van der Waals surface area (Å²) in [5.41, 5.74) is 0.872. The van der Waals surface area contributed by atoms with E-state index in [1.54, 1.807) is 0 Å². The molecule has 90 valence electrons. The van der Waals surface area contributed by atoms with E-state index in [9.17, 15) is 0 Å². The number of ether oxygens (including phenoxy) is 1. The molecular weight excluding hydrogens is 206 g/mol. The van der Waals surface area contributed by atoms with Gasteiger partial charge in [-0.1, -0.05) is 6.92 Å². The Labute approximate surface area is 95.9 Å². The van der Waals surface area contributed by atoms with Crippen molar-refractivity contribution in [1.29, 1.82) is 0 Å². The lowest BCUT2D eigenvalue weighted by molar-refractivity contribution is 0.271. The van der Waals surface area contributed by atoms with E-state index in [0.717, 1.165) is 17.8 Å². The van der Waals surface area contributed by atoms with Gasteiger partial charge in [-0.05, 0) is 20.3 Å². The van der Waals surface area contributed by atoms with E-state index in [0.29, 0.717) is 12.5 Å². The van der Waals surface area contributed by atoms with Crippen LogP contribution in [0.1, 0.15) is 25.8 Å². The van der Waals surface area contributed by atoms with Crippen LogP contribution in [0.15, 0.2) is 6.33 Å². The van der Waals surface area contributed by atoms with Crippen molar-refractivity contribution in [1.82, 2.24) is 9.97 Å². The average molecular weight is 225 g/mol. The summed E-state index contributed by atoms with van der Waals surface area (Å²) < 4.78 is 5.37. The second kappa shape index (κ2) is 6.27. The highest BCUT2D eigenvalue weighted by molar-refractivity contribution is 5.48. The van der Waals surface area contributed by atoms with Crippen molar-refractivity contribution in [2.24, 2.45) is 0 Å². The van der Waals surface area contributed by atoms with Crippen LogP contribution in [-0.2, 0) is 0 Å². The molecule has 2 N–H and O–H groups in total. The zero-order valence-electron chi connectivity index (χ0n) is 10.0. The Kier molecular flexibility index (Phi) is 4.98.